The van der Waals surface area contributed by atoms with Gasteiger partial charge in [-0.05, 0) is 42.2 Å². The average Bonchev–Trinajstić information content (AvgIpc) is 2.86. The zero-order valence-electron chi connectivity index (χ0n) is 24.2. The molecule has 5 heteroatoms. The van der Waals surface area contributed by atoms with Gasteiger partial charge in [0.25, 0.3) is 0 Å². The number of aryl methyl sites for hydroxylation is 2. The second-order valence-corrected chi connectivity index (χ2v) is 12.0. The first kappa shape index (κ1) is 35.3. The van der Waals surface area contributed by atoms with Crippen LogP contribution in [0, 0.1) is 0 Å². The van der Waals surface area contributed by atoms with E-state index >= 15 is 0 Å². The van der Waals surface area contributed by atoms with Crippen molar-refractivity contribution in [2.75, 3.05) is 0 Å². The Hall–Kier alpha value is 0.246. The van der Waals surface area contributed by atoms with Gasteiger partial charge in [0.05, 0.1) is 4.90 Å². The molecule has 0 aromatic heterocycles. The standard InChI is InChI=1S/C32H52O3S.K/c1-3-5-7-9-11-13-15-17-19-22-28-24-21-25-29-26-27-30(32(31(28)29)36(33,34)35)23-20-18-16-14-12-10-8-6-4-2;/h21,24-27H,3-20,22-23H2,1-2H3,(H,33,34,35);/q;+1/p-1. The molecule has 37 heavy (non-hydrogen) atoms. The molecule has 0 atom stereocenters. The Morgan fingerprint density at radius 2 is 1.00 bits per heavy atom. The fourth-order valence-corrected chi connectivity index (χ4v) is 6.40. The summed E-state index contributed by atoms with van der Waals surface area (Å²) in [6.45, 7) is 4.49. The van der Waals surface area contributed by atoms with E-state index in [9.17, 15) is 13.0 Å². The molecule has 2 rings (SSSR count). The predicted molar refractivity (Wildman–Crippen MR) is 154 cm³/mol. The van der Waals surface area contributed by atoms with Crippen molar-refractivity contribution in [2.24, 2.45) is 0 Å². The molecule has 0 amide bonds. The Bertz CT molecular complexity index is 971. The second kappa shape index (κ2) is 21.1. The molecule has 0 unspecified atom stereocenters. The van der Waals surface area contributed by atoms with E-state index < -0.39 is 10.1 Å². The van der Waals surface area contributed by atoms with Gasteiger partial charge in [-0.25, -0.2) is 8.42 Å². The normalized spacial score (nSPS) is 11.6. The van der Waals surface area contributed by atoms with Crippen LogP contribution in [-0.2, 0) is 23.0 Å². The molecular formula is C32H51KO3S. The van der Waals surface area contributed by atoms with Crippen molar-refractivity contribution < 1.29 is 64.4 Å². The van der Waals surface area contributed by atoms with Crippen molar-refractivity contribution in [3.63, 3.8) is 0 Å². The van der Waals surface area contributed by atoms with Crippen LogP contribution in [0.3, 0.4) is 0 Å². The van der Waals surface area contributed by atoms with E-state index in [1.54, 1.807) is 0 Å². The maximum Gasteiger partial charge on any atom is 1.00 e. The van der Waals surface area contributed by atoms with E-state index in [0.717, 1.165) is 43.1 Å². The smallest absolute Gasteiger partial charge is 0.744 e. The number of hydrogen-bond donors (Lipinski definition) is 0. The molecule has 2 aromatic rings. The third kappa shape index (κ3) is 13.9. The van der Waals surface area contributed by atoms with Crippen molar-refractivity contribution in [2.45, 2.75) is 147 Å². The van der Waals surface area contributed by atoms with E-state index in [-0.39, 0.29) is 56.3 Å². The number of rotatable bonds is 21. The van der Waals surface area contributed by atoms with Crippen molar-refractivity contribution in [3.05, 3.63) is 41.5 Å². The second-order valence-electron chi connectivity index (χ2n) is 10.7. The summed E-state index contributed by atoms with van der Waals surface area (Å²) in [4.78, 5) is 0.0473. The summed E-state index contributed by atoms with van der Waals surface area (Å²) in [7, 11) is -4.54. The molecule has 3 nitrogen and oxygen atoms in total. The third-order valence-corrected chi connectivity index (χ3v) is 8.48. The third-order valence-electron chi connectivity index (χ3n) is 7.52. The van der Waals surface area contributed by atoms with E-state index in [1.807, 2.05) is 30.3 Å². The molecule has 0 fully saturated rings. The Labute approximate surface area is 271 Å². The topological polar surface area (TPSA) is 57.2 Å². The predicted octanol–water partition coefficient (Wildman–Crippen LogP) is 6.89. The number of hydrogen-bond acceptors (Lipinski definition) is 3. The molecule has 0 radical (unpaired) electrons. The minimum atomic E-state index is -4.54. The zero-order chi connectivity index (χ0) is 26.1. The molecule has 0 aliphatic carbocycles. The SMILES string of the molecule is CCCCCCCCCCCc1ccc2cccc(CCCCCCCCCCC)c2c1S(=O)(=O)[O-].[K+]. The summed E-state index contributed by atoms with van der Waals surface area (Å²) < 4.78 is 37.3. The summed E-state index contributed by atoms with van der Waals surface area (Å²) in [5, 5.41) is 1.55. The van der Waals surface area contributed by atoms with Crippen LogP contribution in [0.4, 0.5) is 0 Å². The molecular weight excluding hydrogens is 504 g/mol. The van der Waals surface area contributed by atoms with Gasteiger partial charge < -0.3 is 4.55 Å². The van der Waals surface area contributed by atoms with Crippen LogP contribution in [-0.4, -0.2) is 13.0 Å². The van der Waals surface area contributed by atoms with Gasteiger partial charge in [0, 0.05) is 5.39 Å². The Morgan fingerprint density at radius 1 is 0.568 bits per heavy atom. The van der Waals surface area contributed by atoms with Crippen LogP contribution in [0.25, 0.3) is 10.8 Å². The van der Waals surface area contributed by atoms with Gasteiger partial charge in [-0.2, -0.15) is 0 Å². The van der Waals surface area contributed by atoms with E-state index in [4.69, 9.17) is 0 Å². The number of unbranched alkanes of at least 4 members (excludes halogenated alkanes) is 16. The molecule has 0 bridgehead atoms. The number of fused-ring (bicyclic) bond motifs is 1. The molecule has 0 heterocycles. The number of benzene rings is 2. The maximum atomic E-state index is 12.4. The van der Waals surface area contributed by atoms with Gasteiger partial charge in [0.1, 0.15) is 10.1 Å². The van der Waals surface area contributed by atoms with Gasteiger partial charge in [0.2, 0.25) is 0 Å². The first-order valence-corrected chi connectivity index (χ1v) is 16.4. The van der Waals surface area contributed by atoms with Crippen LogP contribution < -0.4 is 51.4 Å². The van der Waals surface area contributed by atoms with Gasteiger partial charge >= 0.3 is 51.4 Å². The van der Waals surface area contributed by atoms with E-state index in [1.165, 1.54) is 89.9 Å². The van der Waals surface area contributed by atoms with Crippen LogP contribution >= 0.6 is 0 Å². The van der Waals surface area contributed by atoms with E-state index in [0.29, 0.717) is 17.4 Å². The van der Waals surface area contributed by atoms with E-state index in [2.05, 4.69) is 13.8 Å². The van der Waals surface area contributed by atoms with Crippen molar-refractivity contribution in [3.8, 4) is 0 Å². The monoisotopic (exact) mass is 554 g/mol. The van der Waals surface area contributed by atoms with Crippen LogP contribution in [0.1, 0.15) is 141 Å². The molecule has 0 saturated carbocycles. The molecule has 0 aliphatic heterocycles. The van der Waals surface area contributed by atoms with Crippen LogP contribution in [0.15, 0.2) is 35.2 Å². The maximum absolute atomic E-state index is 12.4. The molecule has 0 spiro atoms. The Balaban J connectivity index is 0.00000684. The van der Waals surface area contributed by atoms with Crippen molar-refractivity contribution in [1.82, 2.24) is 0 Å². The van der Waals surface area contributed by atoms with Gasteiger partial charge in [0.15, 0.2) is 0 Å². The van der Waals surface area contributed by atoms with Gasteiger partial charge in [-0.15, -0.1) is 0 Å². The molecule has 0 saturated heterocycles. The summed E-state index contributed by atoms with van der Waals surface area (Å²) in [5.41, 5.74) is 1.72. The minimum absolute atomic E-state index is 0. The first-order chi connectivity index (χ1) is 17.5. The quantitative estimate of drug-likeness (QED) is 0.0958. The van der Waals surface area contributed by atoms with Gasteiger partial charge in [-0.3, -0.25) is 0 Å². The summed E-state index contributed by atoms with van der Waals surface area (Å²) >= 11 is 0. The molecule has 204 valence electrons. The fourth-order valence-electron chi connectivity index (χ4n) is 5.41. The molecule has 0 aliphatic rings. The fraction of sp³-hybridized carbons (Fsp3) is 0.688. The largest absolute Gasteiger partial charge is 1.00 e. The van der Waals surface area contributed by atoms with Gasteiger partial charge in [-0.1, -0.05) is 147 Å². The van der Waals surface area contributed by atoms with Crippen molar-refractivity contribution in [1.29, 1.82) is 0 Å². The van der Waals surface area contributed by atoms with Crippen LogP contribution in [0.2, 0.25) is 0 Å². The Kier molecular flexibility index (Phi) is 20.1. The summed E-state index contributed by atoms with van der Waals surface area (Å²) in [5.74, 6) is 0. The first-order valence-electron chi connectivity index (χ1n) is 15.0. The Morgan fingerprint density at radius 3 is 1.46 bits per heavy atom. The van der Waals surface area contributed by atoms with Crippen LogP contribution in [0.5, 0.6) is 0 Å². The average molecular weight is 555 g/mol. The van der Waals surface area contributed by atoms with Crippen molar-refractivity contribution >= 4 is 20.9 Å². The molecule has 2 aromatic carbocycles. The summed E-state index contributed by atoms with van der Waals surface area (Å²) in [6.07, 6.45) is 23.8. The minimum Gasteiger partial charge on any atom is -0.744 e. The zero-order valence-corrected chi connectivity index (χ0v) is 28.1. The molecule has 0 N–H and O–H groups in total. The summed E-state index contributed by atoms with van der Waals surface area (Å²) in [6, 6.07) is 9.83.